The molecule has 0 aromatic carbocycles. The second-order valence-corrected chi connectivity index (χ2v) is 9.11. The molecule has 0 aliphatic heterocycles. The Morgan fingerprint density at radius 2 is 1.74 bits per heavy atom. The monoisotopic (exact) mass is 330 g/mol. The second kappa shape index (κ2) is 4.84. The van der Waals surface area contributed by atoms with Crippen LogP contribution >= 0.6 is 12.6 Å². The molecule has 4 aliphatic rings. The third-order valence-corrected chi connectivity index (χ3v) is 8.22. The van der Waals surface area contributed by atoms with Crippen molar-refractivity contribution in [2.45, 2.75) is 58.8 Å². The Labute approximate surface area is 144 Å². The third kappa shape index (κ3) is 1.89. The van der Waals surface area contributed by atoms with Gasteiger partial charge in [0.2, 0.25) is 0 Å². The summed E-state index contributed by atoms with van der Waals surface area (Å²) in [7, 11) is 0. The Kier molecular flexibility index (Phi) is 3.30. The number of Topliss-reactive ketones (excluding diaryl/α,β-unsaturated/α-hetero) is 2. The van der Waals surface area contributed by atoms with Gasteiger partial charge in [-0.25, -0.2) is 0 Å². The van der Waals surface area contributed by atoms with Gasteiger partial charge in [0.05, 0.1) is 4.91 Å². The summed E-state index contributed by atoms with van der Waals surface area (Å²) in [6, 6.07) is 0. The zero-order chi connectivity index (χ0) is 16.6. The Balaban J connectivity index is 1.79. The number of allylic oxidation sites excluding steroid dienone is 2. The summed E-state index contributed by atoms with van der Waals surface area (Å²) in [4.78, 5) is 25.3. The summed E-state index contributed by atoms with van der Waals surface area (Å²) in [6.07, 6.45) is 6.40. The van der Waals surface area contributed by atoms with E-state index < -0.39 is 0 Å². The molecule has 124 valence electrons. The van der Waals surface area contributed by atoms with Crippen molar-refractivity contribution < 1.29 is 9.59 Å². The normalized spacial score (nSPS) is 46.6. The number of rotatable bonds is 0. The summed E-state index contributed by atoms with van der Waals surface area (Å²) in [5, 5.41) is 0. The van der Waals surface area contributed by atoms with E-state index in [9.17, 15) is 9.59 Å². The molecule has 0 radical (unpaired) electrons. The lowest BCUT2D eigenvalue weighted by Crippen LogP contribution is -2.51. The summed E-state index contributed by atoms with van der Waals surface area (Å²) < 4.78 is 0. The number of hydrogen-bond donors (Lipinski definition) is 1. The number of carbonyl (C=O) groups excluding carboxylic acids is 2. The zero-order valence-corrected chi connectivity index (χ0v) is 15.0. The molecule has 0 aromatic rings. The Morgan fingerprint density at radius 1 is 1.04 bits per heavy atom. The Hall–Kier alpha value is -0.830. The Bertz CT molecular complexity index is 661. The topological polar surface area (TPSA) is 34.1 Å². The first kappa shape index (κ1) is 15.7. The minimum Gasteiger partial charge on any atom is -0.299 e. The van der Waals surface area contributed by atoms with E-state index in [-0.39, 0.29) is 16.6 Å². The van der Waals surface area contributed by atoms with Crippen LogP contribution in [0, 0.1) is 28.6 Å². The lowest BCUT2D eigenvalue weighted by molar-refractivity contribution is -0.132. The molecule has 0 N–H and O–H groups in total. The highest BCUT2D eigenvalue weighted by atomic mass is 32.1. The molecule has 23 heavy (non-hydrogen) atoms. The minimum absolute atomic E-state index is 0.0258. The lowest BCUT2D eigenvalue weighted by Gasteiger charge is -2.57. The molecule has 4 rings (SSSR count). The van der Waals surface area contributed by atoms with Gasteiger partial charge in [-0.15, -0.1) is 12.6 Å². The fourth-order valence-corrected chi connectivity index (χ4v) is 7.01. The molecule has 0 heterocycles. The number of thiol groups is 1. The minimum atomic E-state index is -0.104. The van der Waals surface area contributed by atoms with Crippen molar-refractivity contribution in [2.24, 2.45) is 28.6 Å². The smallest absolute Gasteiger partial charge is 0.169 e. The SMILES string of the molecule is C=C1C[C@@H]2[C@@H](CC[C@]3(C)C(=O)CC[C@@H]23)[C@@]2(C)CCC(=O)C(S)=C12. The van der Waals surface area contributed by atoms with E-state index in [0.29, 0.717) is 34.9 Å². The van der Waals surface area contributed by atoms with E-state index in [2.05, 4.69) is 33.1 Å². The predicted octanol–water partition coefficient (Wildman–Crippen LogP) is 4.51. The summed E-state index contributed by atoms with van der Waals surface area (Å²) in [5.41, 5.74) is 2.17. The van der Waals surface area contributed by atoms with Crippen molar-refractivity contribution in [1.82, 2.24) is 0 Å². The van der Waals surface area contributed by atoms with Gasteiger partial charge < -0.3 is 0 Å². The van der Waals surface area contributed by atoms with Gasteiger partial charge >= 0.3 is 0 Å². The first-order chi connectivity index (χ1) is 10.8. The van der Waals surface area contributed by atoms with E-state index in [1.165, 1.54) is 0 Å². The van der Waals surface area contributed by atoms with Gasteiger partial charge in [-0.3, -0.25) is 9.59 Å². The molecular formula is C20H26O2S. The first-order valence-corrected chi connectivity index (χ1v) is 9.42. The van der Waals surface area contributed by atoms with Crippen LogP contribution in [0.3, 0.4) is 0 Å². The van der Waals surface area contributed by atoms with Gasteiger partial charge in [-0.2, -0.15) is 0 Å². The summed E-state index contributed by atoms with van der Waals surface area (Å²) in [5.74, 6) is 2.28. The Morgan fingerprint density at radius 3 is 2.48 bits per heavy atom. The maximum absolute atomic E-state index is 12.5. The standard InChI is InChI=1S/C20H26O2S/c1-11-10-12-13-4-5-16(22)19(13,2)8-6-14(12)20(3)9-7-15(21)18(23)17(11)20/h12-14,23H,1,4-10H2,2-3H3/t12-,13-,14+,19-,20+/m0/s1. The molecule has 5 atom stereocenters. The quantitative estimate of drug-likeness (QED) is 0.663. The van der Waals surface area contributed by atoms with Crippen molar-refractivity contribution in [1.29, 1.82) is 0 Å². The maximum Gasteiger partial charge on any atom is 0.169 e. The number of fused-ring (bicyclic) bond motifs is 5. The van der Waals surface area contributed by atoms with Gasteiger partial charge in [-0.1, -0.05) is 20.4 Å². The van der Waals surface area contributed by atoms with Crippen LogP contribution in [0.1, 0.15) is 58.8 Å². The maximum atomic E-state index is 12.5. The van der Waals surface area contributed by atoms with Gasteiger partial charge in [0.1, 0.15) is 5.78 Å². The van der Waals surface area contributed by atoms with Crippen LogP contribution in [-0.2, 0) is 9.59 Å². The summed E-state index contributed by atoms with van der Waals surface area (Å²) >= 11 is 4.57. The highest BCUT2D eigenvalue weighted by Crippen LogP contribution is 2.65. The van der Waals surface area contributed by atoms with Crippen molar-refractivity contribution in [3.63, 3.8) is 0 Å². The molecule has 0 aromatic heterocycles. The fraction of sp³-hybridized carbons (Fsp3) is 0.700. The molecule has 3 saturated carbocycles. The highest BCUT2D eigenvalue weighted by molar-refractivity contribution is 7.85. The largest absolute Gasteiger partial charge is 0.299 e. The molecule has 3 heteroatoms. The average molecular weight is 330 g/mol. The van der Waals surface area contributed by atoms with Crippen LogP contribution in [0.2, 0.25) is 0 Å². The van der Waals surface area contributed by atoms with Crippen molar-refractivity contribution in [3.05, 3.63) is 22.6 Å². The molecule has 2 nitrogen and oxygen atoms in total. The number of carbonyl (C=O) groups is 2. The van der Waals surface area contributed by atoms with Crippen LogP contribution in [0.15, 0.2) is 22.6 Å². The van der Waals surface area contributed by atoms with Crippen LogP contribution in [-0.4, -0.2) is 11.6 Å². The highest BCUT2D eigenvalue weighted by Gasteiger charge is 2.60. The first-order valence-electron chi connectivity index (χ1n) is 8.97. The summed E-state index contributed by atoms with van der Waals surface area (Å²) in [6.45, 7) is 8.86. The van der Waals surface area contributed by atoms with E-state index in [1.54, 1.807) is 0 Å². The number of ketones is 2. The van der Waals surface area contributed by atoms with Crippen LogP contribution in [0.25, 0.3) is 0 Å². The third-order valence-electron chi connectivity index (χ3n) is 7.74. The molecule has 0 bridgehead atoms. The van der Waals surface area contributed by atoms with Crippen molar-refractivity contribution >= 4 is 24.2 Å². The molecule has 4 aliphatic carbocycles. The lowest BCUT2D eigenvalue weighted by atomic mass is 9.46. The second-order valence-electron chi connectivity index (χ2n) is 8.67. The molecule has 3 fully saturated rings. The molecule has 0 spiro atoms. The predicted molar refractivity (Wildman–Crippen MR) is 94.2 cm³/mol. The van der Waals surface area contributed by atoms with E-state index in [4.69, 9.17) is 0 Å². The van der Waals surface area contributed by atoms with Crippen LogP contribution in [0.4, 0.5) is 0 Å². The van der Waals surface area contributed by atoms with Crippen LogP contribution < -0.4 is 0 Å². The molecule has 0 amide bonds. The van der Waals surface area contributed by atoms with Gasteiger partial charge in [0.15, 0.2) is 5.78 Å². The molecule has 0 unspecified atom stereocenters. The van der Waals surface area contributed by atoms with E-state index in [1.807, 2.05) is 0 Å². The zero-order valence-electron chi connectivity index (χ0n) is 14.2. The molecular weight excluding hydrogens is 304 g/mol. The fourth-order valence-electron chi connectivity index (χ4n) is 6.49. The van der Waals surface area contributed by atoms with E-state index >= 15 is 0 Å². The molecule has 0 saturated heterocycles. The number of hydrogen-bond acceptors (Lipinski definition) is 3. The van der Waals surface area contributed by atoms with Gasteiger partial charge in [-0.05, 0) is 66.4 Å². The van der Waals surface area contributed by atoms with Crippen molar-refractivity contribution in [2.75, 3.05) is 0 Å². The van der Waals surface area contributed by atoms with Crippen LogP contribution in [0.5, 0.6) is 0 Å². The van der Waals surface area contributed by atoms with Gasteiger partial charge in [0.25, 0.3) is 0 Å². The van der Waals surface area contributed by atoms with Crippen molar-refractivity contribution in [3.8, 4) is 0 Å². The average Bonchev–Trinajstić information content (AvgIpc) is 2.79. The van der Waals surface area contributed by atoms with Gasteiger partial charge in [0, 0.05) is 18.3 Å². The van der Waals surface area contributed by atoms with E-state index in [0.717, 1.165) is 49.7 Å².